The maximum absolute atomic E-state index is 14.2. The Morgan fingerprint density at radius 3 is 2.26 bits per heavy atom. The minimum Gasteiger partial charge on any atom is -0.399 e. The summed E-state index contributed by atoms with van der Waals surface area (Å²) in [7, 11) is 1.52. The zero-order chi connectivity index (χ0) is 25.4. The third kappa shape index (κ3) is 2.98. The van der Waals surface area contributed by atoms with Gasteiger partial charge >= 0.3 is 0 Å². The van der Waals surface area contributed by atoms with Crippen molar-refractivity contribution in [3.8, 4) is 0 Å². The molecule has 0 spiro atoms. The van der Waals surface area contributed by atoms with Gasteiger partial charge in [-0.05, 0) is 77.3 Å². The highest BCUT2D eigenvalue weighted by Gasteiger charge is 2.63. The Balaban J connectivity index is 2.02. The van der Waals surface area contributed by atoms with E-state index in [1.54, 1.807) is 0 Å². The molecule has 5 heteroatoms. The quantitative estimate of drug-likeness (QED) is 0.328. The van der Waals surface area contributed by atoms with E-state index in [-0.39, 0.29) is 17.3 Å². The number of nitrogens with zero attached hydrogens (tertiary/aromatic N) is 1. The first kappa shape index (κ1) is 24.3. The zero-order valence-corrected chi connectivity index (χ0v) is 21.9. The Morgan fingerprint density at radius 2 is 1.68 bits per heavy atom. The Kier molecular flexibility index (Phi) is 5.43. The molecule has 0 saturated heterocycles. The van der Waals surface area contributed by atoms with E-state index in [1.807, 2.05) is 46.8 Å². The SMILES string of the molecule is CO/N=C(\C)c1ccc(C)c2c1C[C@@]1(C)C[C@@]3(C)CC(C)=C(C(C)=O)C(=O)[C@@]3(C)C(C)=C1C2=O. The Bertz CT molecular complexity index is 1260. The van der Waals surface area contributed by atoms with E-state index in [2.05, 4.69) is 19.0 Å². The first-order chi connectivity index (χ1) is 15.7. The van der Waals surface area contributed by atoms with Gasteiger partial charge in [0.15, 0.2) is 17.3 Å². The molecule has 180 valence electrons. The molecule has 34 heavy (non-hydrogen) atoms. The Labute approximate surface area is 202 Å². The van der Waals surface area contributed by atoms with Gasteiger partial charge in [-0.1, -0.05) is 42.3 Å². The predicted octanol–water partition coefficient (Wildman–Crippen LogP) is 5.72. The van der Waals surface area contributed by atoms with Crippen molar-refractivity contribution >= 4 is 23.1 Å². The minimum atomic E-state index is -0.894. The van der Waals surface area contributed by atoms with Gasteiger partial charge < -0.3 is 4.84 Å². The lowest BCUT2D eigenvalue weighted by molar-refractivity contribution is -0.134. The topological polar surface area (TPSA) is 72.8 Å². The minimum absolute atomic E-state index is 0.00228. The lowest BCUT2D eigenvalue weighted by Crippen LogP contribution is -2.57. The molecule has 0 unspecified atom stereocenters. The molecule has 5 nitrogen and oxygen atoms in total. The molecule has 3 aliphatic rings. The molecular weight excluding hydrogens is 426 g/mol. The monoisotopic (exact) mass is 461 g/mol. The number of fused-ring (bicyclic) bond motifs is 3. The maximum atomic E-state index is 14.2. The van der Waals surface area contributed by atoms with E-state index >= 15 is 0 Å². The Hall–Kier alpha value is -2.82. The van der Waals surface area contributed by atoms with Gasteiger partial charge in [0.2, 0.25) is 0 Å². The second-order valence-electron chi connectivity index (χ2n) is 11.3. The van der Waals surface area contributed by atoms with Crippen LogP contribution in [0.25, 0.3) is 0 Å². The number of Topliss-reactive ketones (excluding diaryl/α,β-unsaturated/α-hetero) is 3. The van der Waals surface area contributed by atoms with Crippen LogP contribution < -0.4 is 0 Å². The first-order valence-electron chi connectivity index (χ1n) is 12.0. The summed E-state index contributed by atoms with van der Waals surface area (Å²) >= 11 is 0. The van der Waals surface area contributed by atoms with Gasteiger partial charge in [0.25, 0.3) is 0 Å². The van der Waals surface area contributed by atoms with Crippen LogP contribution in [0.5, 0.6) is 0 Å². The number of hydrogen-bond acceptors (Lipinski definition) is 5. The highest BCUT2D eigenvalue weighted by Crippen LogP contribution is 2.66. The molecule has 0 aromatic heterocycles. The van der Waals surface area contributed by atoms with Crippen LogP contribution in [-0.4, -0.2) is 30.2 Å². The first-order valence-corrected chi connectivity index (χ1v) is 12.0. The third-order valence-corrected chi connectivity index (χ3v) is 8.99. The molecule has 0 bridgehead atoms. The third-order valence-electron chi connectivity index (χ3n) is 8.99. The predicted molar refractivity (Wildman–Crippen MR) is 133 cm³/mol. The smallest absolute Gasteiger partial charge is 0.190 e. The van der Waals surface area contributed by atoms with Crippen molar-refractivity contribution in [3.05, 3.63) is 56.7 Å². The number of benzene rings is 1. The second-order valence-corrected chi connectivity index (χ2v) is 11.3. The van der Waals surface area contributed by atoms with Gasteiger partial charge in [0.1, 0.15) is 7.11 Å². The molecule has 1 aromatic rings. The van der Waals surface area contributed by atoms with Gasteiger partial charge in [-0.2, -0.15) is 0 Å². The molecular formula is C29H35NO4. The molecule has 0 saturated carbocycles. The molecule has 3 aliphatic carbocycles. The highest BCUT2D eigenvalue weighted by atomic mass is 16.6. The van der Waals surface area contributed by atoms with Crippen LogP contribution in [0.1, 0.15) is 88.4 Å². The van der Waals surface area contributed by atoms with Gasteiger partial charge in [-0.3, -0.25) is 14.4 Å². The van der Waals surface area contributed by atoms with Crippen molar-refractivity contribution in [1.82, 2.24) is 0 Å². The summed E-state index contributed by atoms with van der Waals surface area (Å²) in [5.41, 5.74) is 5.35. The maximum Gasteiger partial charge on any atom is 0.190 e. The molecule has 0 N–H and O–H groups in total. The highest BCUT2D eigenvalue weighted by molar-refractivity contribution is 6.24. The molecule has 1 aromatic carbocycles. The van der Waals surface area contributed by atoms with Gasteiger partial charge in [-0.15, -0.1) is 0 Å². The van der Waals surface area contributed by atoms with Gasteiger partial charge in [0.05, 0.1) is 16.7 Å². The fraction of sp³-hybridized carbons (Fsp3) is 0.517. The van der Waals surface area contributed by atoms with Crippen molar-refractivity contribution in [1.29, 1.82) is 0 Å². The van der Waals surface area contributed by atoms with Crippen LogP contribution in [0.4, 0.5) is 0 Å². The zero-order valence-electron chi connectivity index (χ0n) is 21.9. The van der Waals surface area contributed by atoms with Crippen LogP contribution >= 0.6 is 0 Å². The summed E-state index contributed by atoms with van der Waals surface area (Å²) in [5, 5.41) is 4.14. The van der Waals surface area contributed by atoms with Crippen LogP contribution in [0, 0.1) is 23.2 Å². The number of rotatable bonds is 3. The molecule has 0 aliphatic heterocycles. The molecule has 3 atom stereocenters. The number of carbonyl (C=O) groups is 3. The standard InChI is InChI=1S/C29H35NO4/c1-15-10-11-20(18(4)30-34-9)21-13-27(6)14-28(7)12-16(2)22(19(5)31)26(33)29(28,8)17(3)24(27)25(32)23(15)21/h10-11H,12-14H2,1-9H3/b30-18+/t27-,28+,29+/m0/s1. The van der Waals surface area contributed by atoms with Crippen LogP contribution in [0.15, 0.2) is 39.6 Å². The van der Waals surface area contributed by atoms with Crippen molar-refractivity contribution in [2.45, 2.75) is 74.7 Å². The van der Waals surface area contributed by atoms with E-state index in [9.17, 15) is 14.4 Å². The molecule has 0 fully saturated rings. The molecule has 0 radical (unpaired) electrons. The Morgan fingerprint density at radius 1 is 1.03 bits per heavy atom. The average molecular weight is 462 g/mol. The van der Waals surface area contributed by atoms with Crippen molar-refractivity contribution in [2.75, 3.05) is 7.11 Å². The normalized spacial score (nSPS) is 31.3. The summed E-state index contributed by atoms with van der Waals surface area (Å²) in [4.78, 5) is 45.6. The lowest BCUT2D eigenvalue weighted by atomic mass is 9.42. The van der Waals surface area contributed by atoms with Crippen molar-refractivity contribution in [2.24, 2.45) is 21.4 Å². The van der Waals surface area contributed by atoms with E-state index in [4.69, 9.17) is 4.84 Å². The number of carbonyl (C=O) groups excluding carboxylic acids is 3. The summed E-state index contributed by atoms with van der Waals surface area (Å²) in [6, 6.07) is 3.98. The number of hydrogen-bond donors (Lipinski definition) is 0. The van der Waals surface area contributed by atoms with E-state index in [1.165, 1.54) is 14.0 Å². The number of allylic oxidation sites excluding steroid dienone is 4. The van der Waals surface area contributed by atoms with Crippen LogP contribution in [-0.2, 0) is 20.8 Å². The van der Waals surface area contributed by atoms with E-state index in [0.29, 0.717) is 30.4 Å². The summed E-state index contributed by atoms with van der Waals surface area (Å²) in [6.07, 6.45) is 2.04. The number of oxime groups is 1. The fourth-order valence-electron chi connectivity index (χ4n) is 7.44. The lowest BCUT2D eigenvalue weighted by Gasteiger charge is -2.59. The fourth-order valence-corrected chi connectivity index (χ4v) is 7.44. The van der Waals surface area contributed by atoms with Crippen LogP contribution in [0.2, 0.25) is 0 Å². The summed E-state index contributed by atoms with van der Waals surface area (Å²) < 4.78 is 0. The van der Waals surface area contributed by atoms with E-state index < -0.39 is 16.2 Å². The molecule has 4 rings (SSSR count). The number of aryl methyl sites for hydroxylation is 1. The van der Waals surface area contributed by atoms with Crippen LogP contribution in [0.3, 0.4) is 0 Å². The summed E-state index contributed by atoms with van der Waals surface area (Å²) in [6.45, 7) is 15.5. The van der Waals surface area contributed by atoms with Gasteiger partial charge in [-0.25, -0.2) is 0 Å². The summed E-state index contributed by atoms with van der Waals surface area (Å²) in [5.74, 6) is -0.325. The van der Waals surface area contributed by atoms with Crippen molar-refractivity contribution in [3.63, 3.8) is 0 Å². The average Bonchev–Trinajstić information content (AvgIpc) is 2.70. The van der Waals surface area contributed by atoms with E-state index in [0.717, 1.165) is 39.1 Å². The van der Waals surface area contributed by atoms with Crippen molar-refractivity contribution < 1.29 is 19.2 Å². The molecule has 0 amide bonds. The molecule has 0 heterocycles. The number of ketones is 3. The van der Waals surface area contributed by atoms with Gasteiger partial charge in [0, 0.05) is 22.1 Å². The second kappa shape index (κ2) is 7.59. The largest absolute Gasteiger partial charge is 0.399 e.